The predicted octanol–water partition coefficient (Wildman–Crippen LogP) is 4.24. The van der Waals surface area contributed by atoms with E-state index < -0.39 is 22.0 Å². The number of fused-ring (bicyclic) bond motifs is 1. The molecule has 3 aromatic carbocycles. The Morgan fingerprint density at radius 3 is 2.40 bits per heavy atom. The van der Waals surface area contributed by atoms with Gasteiger partial charge in [-0.15, -0.1) is 0 Å². The van der Waals surface area contributed by atoms with Gasteiger partial charge < -0.3 is 10.1 Å². The van der Waals surface area contributed by atoms with Crippen LogP contribution in [0.3, 0.4) is 0 Å². The summed E-state index contributed by atoms with van der Waals surface area (Å²) in [6.45, 7) is 1.74. The second-order valence-electron chi connectivity index (χ2n) is 6.92. The molecule has 1 N–H and O–H groups in total. The summed E-state index contributed by atoms with van der Waals surface area (Å²) in [7, 11) is -3.88. The minimum atomic E-state index is -3.88. The maximum Gasteiger partial charge on any atom is 0.267 e. The smallest absolute Gasteiger partial charge is 0.267 e. The lowest BCUT2D eigenvalue weighted by molar-refractivity contribution is -0.122. The van der Waals surface area contributed by atoms with Crippen molar-refractivity contribution in [1.82, 2.24) is 0 Å². The fourth-order valence-corrected chi connectivity index (χ4v) is 4.76. The molecule has 0 aliphatic carbocycles. The van der Waals surface area contributed by atoms with Gasteiger partial charge in [0.25, 0.3) is 15.9 Å². The summed E-state index contributed by atoms with van der Waals surface area (Å²) in [6, 6.07) is 20.0. The number of para-hydroxylation sites is 2. The van der Waals surface area contributed by atoms with E-state index in [1.807, 2.05) is 6.92 Å². The zero-order chi connectivity index (χ0) is 21.3. The standard InChI is InChI=1S/C22H19ClN2O4S/c1-15-6-12-18(13-7-15)30(27,28)25-14-21(29-20-5-3-2-4-19(20)25)22(26)24-17-10-8-16(23)9-11-17/h2-13,21H,14H2,1H3,(H,24,26). The number of carbonyl (C=O) groups excluding carboxylic acids is 1. The van der Waals surface area contributed by atoms with Crippen LogP contribution in [-0.2, 0) is 14.8 Å². The highest BCUT2D eigenvalue weighted by Crippen LogP contribution is 2.37. The highest BCUT2D eigenvalue weighted by molar-refractivity contribution is 7.92. The number of nitrogens with zero attached hydrogens (tertiary/aromatic N) is 1. The second-order valence-corrected chi connectivity index (χ2v) is 9.22. The van der Waals surface area contributed by atoms with Crippen LogP contribution in [0.15, 0.2) is 77.7 Å². The zero-order valence-electron chi connectivity index (χ0n) is 16.1. The average Bonchev–Trinajstić information content (AvgIpc) is 2.74. The van der Waals surface area contributed by atoms with E-state index in [0.717, 1.165) is 5.56 Å². The number of amides is 1. The third kappa shape index (κ3) is 3.99. The molecule has 0 spiro atoms. The predicted molar refractivity (Wildman–Crippen MR) is 117 cm³/mol. The molecule has 3 aromatic rings. The number of ether oxygens (including phenoxy) is 1. The van der Waals surface area contributed by atoms with Gasteiger partial charge in [-0.05, 0) is 55.5 Å². The minimum absolute atomic E-state index is 0.146. The normalized spacial score (nSPS) is 15.8. The number of nitrogens with one attached hydrogen (secondary N) is 1. The van der Waals surface area contributed by atoms with Crippen LogP contribution < -0.4 is 14.4 Å². The number of anilines is 2. The fourth-order valence-electron chi connectivity index (χ4n) is 3.16. The van der Waals surface area contributed by atoms with Crippen molar-refractivity contribution in [2.24, 2.45) is 0 Å². The van der Waals surface area contributed by atoms with Gasteiger partial charge in [0.2, 0.25) is 0 Å². The Labute approximate surface area is 180 Å². The largest absolute Gasteiger partial charge is 0.476 e. The summed E-state index contributed by atoms with van der Waals surface area (Å²) in [4.78, 5) is 13.0. The lowest BCUT2D eigenvalue weighted by Gasteiger charge is -2.34. The molecule has 0 fully saturated rings. The van der Waals surface area contributed by atoms with Gasteiger partial charge >= 0.3 is 0 Å². The van der Waals surface area contributed by atoms with Crippen LogP contribution in [0.2, 0.25) is 5.02 Å². The molecule has 30 heavy (non-hydrogen) atoms. The molecular formula is C22H19ClN2O4S. The Morgan fingerprint density at radius 2 is 1.70 bits per heavy atom. The van der Waals surface area contributed by atoms with Crippen LogP contribution in [0.1, 0.15) is 5.56 Å². The number of sulfonamides is 1. The van der Waals surface area contributed by atoms with Crippen LogP contribution in [0.4, 0.5) is 11.4 Å². The quantitative estimate of drug-likeness (QED) is 0.655. The van der Waals surface area contributed by atoms with Crippen molar-refractivity contribution in [3.63, 3.8) is 0 Å². The maximum absolute atomic E-state index is 13.3. The summed E-state index contributed by atoms with van der Waals surface area (Å²) in [5.41, 5.74) is 1.89. The molecule has 0 saturated carbocycles. The van der Waals surface area contributed by atoms with Crippen molar-refractivity contribution < 1.29 is 17.9 Å². The summed E-state index contributed by atoms with van der Waals surface area (Å²) >= 11 is 5.88. The topological polar surface area (TPSA) is 75.7 Å². The lowest BCUT2D eigenvalue weighted by atomic mass is 10.2. The molecule has 1 atom stereocenters. The first-order valence-electron chi connectivity index (χ1n) is 9.26. The third-order valence-corrected chi connectivity index (χ3v) is 6.79. The van der Waals surface area contributed by atoms with Crippen molar-refractivity contribution in [2.75, 3.05) is 16.2 Å². The van der Waals surface area contributed by atoms with E-state index in [1.165, 1.54) is 4.31 Å². The minimum Gasteiger partial charge on any atom is -0.476 e. The fraction of sp³-hybridized carbons (Fsp3) is 0.136. The van der Waals surface area contributed by atoms with Gasteiger partial charge in [0.15, 0.2) is 6.10 Å². The van der Waals surface area contributed by atoms with Crippen LogP contribution in [0, 0.1) is 6.92 Å². The number of hydrogen-bond acceptors (Lipinski definition) is 4. The third-order valence-electron chi connectivity index (χ3n) is 4.75. The Balaban J connectivity index is 1.66. The van der Waals surface area contributed by atoms with Crippen LogP contribution in [0.25, 0.3) is 0 Å². The number of halogens is 1. The monoisotopic (exact) mass is 442 g/mol. The van der Waals surface area contributed by atoms with Crippen molar-refractivity contribution in [1.29, 1.82) is 0 Å². The Hall–Kier alpha value is -3.03. The average molecular weight is 443 g/mol. The van der Waals surface area contributed by atoms with Crippen molar-refractivity contribution >= 4 is 38.9 Å². The number of benzene rings is 3. The van der Waals surface area contributed by atoms with Gasteiger partial charge in [-0.3, -0.25) is 9.10 Å². The van der Waals surface area contributed by atoms with Crippen molar-refractivity contribution in [2.45, 2.75) is 17.9 Å². The summed E-state index contributed by atoms with van der Waals surface area (Å²) < 4.78 is 33.7. The number of rotatable bonds is 4. The van der Waals surface area contributed by atoms with Crippen molar-refractivity contribution in [3.8, 4) is 5.75 Å². The Bertz CT molecular complexity index is 1180. The number of carbonyl (C=O) groups is 1. The van der Waals surface area contributed by atoms with E-state index in [1.54, 1.807) is 72.8 Å². The lowest BCUT2D eigenvalue weighted by Crippen LogP contribution is -2.48. The summed E-state index contributed by atoms with van der Waals surface area (Å²) in [5, 5.41) is 3.29. The van der Waals surface area contributed by atoms with Gasteiger partial charge in [0, 0.05) is 10.7 Å². The highest BCUT2D eigenvalue weighted by Gasteiger charge is 2.37. The van der Waals surface area contributed by atoms with Gasteiger partial charge in [-0.25, -0.2) is 8.42 Å². The molecule has 1 amide bonds. The first kappa shape index (κ1) is 20.3. The van der Waals surface area contributed by atoms with Gasteiger partial charge in [-0.2, -0.15) is 0 Å². The van der Waals surface area contributed by atoms with Gasteiger partial charge in [-0.1, -0.05) is 41.4 Å². The maximum atomic E-state index is 13.3. The van der Waals surface area contributed by atoms with E-state index >= 15 is 0 Å². The molecule has 0 saturated heterocycles. The number of aryl methyl sites for hydroxylation is 1. The first-order chi connectivity index (χ1) is 14.3. The summed E-state index contributed by atoms with van der Waals surface area (Å²) in [6.07, 6.45) is -1.02. The zero-order valence-corrected chi connectivity index (χ0v) is 17.7. The molecular weight excluding hydrogens is 424 g/mol. The molecule has 1 heterocycles. The molecule has 8 heteroatoms. The molecule has 1 unspecified atom stereocenters. The molecule has 1 aliphatic rings. The molecule has 1 aliphatic heterocycles. The van der Waals surface area contributed by atoms with E-state index in [-0.39, 0.29) is 11.4 Å². The molecule has 4 rings (SSSR count). The van der Waals surface area contributed by atoms with Gasteiger partial charge in [0.1, 0.15) is 5.75 Å². The van der Waals surface area contributed by atoms with E-state index in [0.29, 0.717) is 22.1 Å². The van der Waals surface area contributed by atoms with E-state index in [4.69, 9.17) is 16.3 Å². The second kappa shape index (κ2) is 8.01. The molecule has 0 aromatic heterocycles. The van der Waals surface area contributed by atoms with Crippen LogP contribution >= 0.6 is 11.6 Å². The SMILES string of the molecule is Cc1ccc(S(=O)(=O)N2CC(C(=O)Nc3ccc(Cl)cc3)Oc3ccccc32)cc1. The Morgan fingerprint density at radius 1 is 1.03 bits per heavy atom. The van der Waals surface area contributed by atoms with Gasteiger partial charge in [0.05, 0.1) is 17.1 Å². The van der Waals surface area contributed by atoms with Crippen LogP contribution in [-0.4, -0.2) is 27.0 Å². The van der Waals surface area contributed by atoms with E-state index in [9.17, 15) is 13.2 Å². The molecule has 6 nitrogen and oxygen atoms in total. The number of hydrogen-bond donors (Lipinski definition) is 1. The van der Waals surface area contributed by atoms with Crippen molar-refractivity contribution in [3.05, 3.63) is 83.4 Å². The van der Waals surface area contributed by atoms with Crippen LogP contribution in [0.5, 0.6) is 5.75 Å². The molecule has 0 bridgehead atoms. The Kier molecular flexibility index (Phi) is 5.40. The van der Waals surface area contributed by atoms with E-state index in [2.05, 4.69) is 5.32 Å². The summed E-state index contributed by atoms with van der Waals surface area (Å²) in [5.74, 6) is -0.119. The molecule has 0 radical (unpaired) electrons. The first-order valence-corrected chi connectivity index (χ1v) is 11.1. The molecule has 154 valence electrons. The highest BCUT2D eigenvalue weighted by atomic mass is 35.5.